The summed E-state index contributed by atoms with van der Waals surface area (Å²) in [6.45, 7) is 3.55. The molecule has 1 saturated carbocycles. The van der Waals surface area contributed by atoms with Crippen molar-refractivity contribution in [3.05, 3.63) is 0 Å². The first-order valence-corrected chi connectivity index (χ1v) is 8.06. The van der Waals surface area contributed by atoms with Gasteiger partial charge in [-0.15, -0.1) is 0 Å². The third-order valence-electron chi connectivity index (χ3n) is 3.87. The van der Waals surface area contributed by atoms with E-state index in [0.29, 0.717) is 32.2 Å². The predicted octanol–water partition coefficient (Wildman–Crippen LogP) is 4.10. The Kier molecular flexibility index (Phi) is 9.78. The number of carbonyl (C=O) groups is 1. The van der Waals surface area contributed by atoms with Gasteiger partial charge in [0.15, 0.2) is 0 Å². The Labute approximate surface area is 118 Å². The van der Waals surface area contributed by atoms with Crippen LogP contribution >= 0.6 is 0 Å². The largest absolute Gasteiger partial charge is 0.463 e. The fourth-order valence-corrected chi connectivity index (χ4v) is 2.75. The van der Waals surface area contributed by atoms with E-state index in [0.717, 1.165) is 0 Å². The van der Waals surface area contributed by atoms with Crippen LogP contribution in [0.15, 0.2) is 0 Å². The highest BCUT2D eigenvalue weighted by molar-refractivity contribution is 5.69. The van der Waals surface area contributed by atoms with Crippen LogP contribution in [0.3, 0.4) is 0 Å². The molecule has 0 bridgehead atoms. The van der Waals surface area contributed by atoms with Crippen molar-refractivity contribution in [2.45, 2.75) is 71.1 Å². The molecule has 1 fully saturated rings. The molecule has 0 N–H and O–H groups in total. The molecule has 3 nitrogen and oxygen atoms in total. The molecule has 0 aliphatic heterocycles. The van der Waals surface area contributed by atoms with E-state index in [1.807, 2.05) is 6.92 Å². The highest BCUT2D eigenvalue weighted by atomic mass is 16.6. The topological polar surface area (TPSA) is 35.5 Å². The minimum atomic E-state index is -0.0400. The molecule has 0 spiro atoms. The minimum absolute atomic E-state index is 0.0400. The van der Waals surface area contributed by atoms with Gasteiger partial charge in [-0.3, -0.25) is 4.79 Å². The fraction of sp³-hybridized carbons (Fsp3) is 0.938. The van der Waals surface area contributed by atoms with Gasteiger partial charge in [-0.2, -0.15) is 0 Å². The van der Waals surface area contributed by atoms with Crippen LogP contribution < -0.4 is 0 Å². The van der Waals surface area contributed by atoms with Gasteiger partial charge >= 0.3 is 5.97 Å². The minimum Gasteiger partial charge on any atom is -0.463 e. The van der Waals surface area contributed by atoms with E-state index < -0.39 is 0 Å². The zero-order valence-electron chi connectivity index (χ0n) is 12.5. The predicted molar refractivity (Wildman–Crippen MR) is 77.1 cm³/mol. The average Bonchev–Trinajstić information content (AvgIpc) is 2.42. The van der Waals surface area contributed by atoms with Gasteiger partial charge in [-0.1, -0.05) is 44.9 Å². The molecule has 0 radical (unpaired) electrons. The van der Waals surface area contributed by atoms with E-state index in [4.69, 9.17) is 9.47 Å². The zero-order valence-corrected chi connectivity index (χ0v) is 12.5. The van der Waals surface area contributed by atoms with Crippen LogP contribution in [-0.4, -0.2) is 25.8 Å². The third-order valence-corrected chi connectivity index (χ3v) is 3.87. The van der Waals surface area contributed by atoms with Crippen molar-refractivity contribution in [3.8, 4) is 0 Å². The van der Waals surface area contributed by atoms with Gasteiger partial charge in [0.1, 0.15) is 6.61 Å². The maximum Gasteiger partial charge on any atom is 0.306 e. The van der Waals surface area contributed by atoms with Crippen molar-refractivity contribution < 1.29 is 14.3 Å². The van der Waals surface area contributed by atoms with Crippen molar-refractivity contribution in [2.24, 2.45) is 5.92 Å². The van der Waals surface area contributed by atoms with E-state index in [2.05, 4.69) is 0 Å². The van der Waals surface area contributed by atoms with Crippen LogP contribution in [0.1, 0.15) is 71.1 Å². The third kappa shape index (κ3) is 9.04. The Morgan fingerprint density at radius 3 is 2.11 bits per heavy atom. The Bertz CT molecular complexity index is 218. The number of hydrogen-bond donors (Lipinski definition) is 0. The average molecular weight is 270 g/mol. The van der Waals surface area contributed by atoms with Crippen LogP contribution in [0.4, 0.5) is 0 Å². The smallest absolute Gasteiger partial charge is 0.306 e. The Balaban J connectivity index is 2.17. The van der Waals surface area contributed by atoms with Gasteiger partial charge in [-0.05, 0) is 25.7 Å². The molecule has 1 rings (SSSR count). The summed E-state index contributed by atoms with van der Waals surface area (Å²) in [7, 11) is 0. The molecule has 0 aromatic carbocycles. The molecule has 0 aromatic rings. The van der Waals surface area contributed by atoms with Crippen LogP contribution in [0.25, 0.3) is 0 Å². The first-order valence-electron chi connectivity index (χ1n) is 8.06. The highest BCUT2D eigenvalue weighted by Gasteiger charge is 2.15. The second kappa shape index (κ2) is 11.3. The summed E-state index contributed by atoms with van der Waals surface area (Å²) in [6.07, 6.45) is 12.3. The van der Waals surface area contributed by atoms with Crippen molar-refractivity contribution >= 4 is 5.97 Å². The number of ether oxygens (including phenoxy) is 2. The summed E-state index contributed by atoms with van der Waals surface area (Å²) in [5, 5.41) is 0. The number of carbonyl (C=O) groups excluding carboxylic acids is 1. The fourth-order valence-electron chi connectivity index (χ4n) is 2.75. The second-order valence-electron chi connectivity index (χ2n) is 5.54. The monoisotopic (exact) mass is 270 g/mol. The lowest BCUT2D eigenvalue weighted by Gasteiger charge is -2.17. The first-order chi connectivity index (χ1) is 9.33. The number of hydrogen-bond acceptors (Lipinski definition) is 3. The molecule has 112 valence electrons. The maximum absolute atomic E-state index is 11.7. The number of esters is 1. The molecule has 0 saturated heterocycles. The molecular weight excluding hydrogens is 240 g/mol. The van der Waals surface area contributed by atoms with Crippen LogP contribution in [0.2, 0.25) is 0 Å². The van der Waals surface area contributed by atoms with Crippen molar-refractivity contribution in [1.29, 1.82) is 0 Å². The molecule has 0 heterocycles. The number of rotatable bonds is 6. The van der Waals surface area contributed by atoms with Crippen molar-refractivity contribution in [2.75, 3.05) is 19.8 Å². The van der Waals surface area contributed by atoms with E-state index in [1.54, 1.807) is 0 Å². The van der Waals surface area contributed by atoms with E-state index in [9.17, 15) is 4.79 Å². The lowest BCUT2D eigenvalue weighted by Crippen LogP contribution is -2.15. The van der Waals surface area contributed by atoms with Crippen LogP contribution in [0, 0.1) is 5.92 Å². The Morgan fingerprint density at radius 2 is 1.53 bits per heavy atom. The standard InChI is InChI=1S/C16H30O3/c1-2-18-12-13-19-16(17)14-15-10-8-6-4-3-5-7-9-11-15/h15H,2-14H2,1H3. The molecule has 0 aromatic heterocycles. The van der Waals surface area contributed by atoms with Gasteiger partial charge < -0.3 is 9.47 Å². The van der Waals surface area contributed by atoms with Crippen molar-refractivity contribution in [3.63, 3.8) is 0 Å². The molecule has 1 aliphatic carbocycles. The zero-order chi connectivity index (χ0) is 13.8. The molecule has 1 aliphatic rings. The lowest BCUT2D eigenvalue weighted by atomic mass is 9.90. The van der Waals surface area contributed by atoms with Gasteiger partial charge in [0, 0.05) is 13.0 Å². The van der Waals surface area contributed by atoms with Gasteiger partial charge in [0.25, 0.3) is 0 Å². The van der Waals surface area contributed by atoms with E-state index >= 15 is 0 Å². The van der Waals surface area contributed by atoms with E-state index in [-0.39, 0.29) is 5.97 Å². The van der Waals surface area contributed by atoms with Crippen molar-refractivity contribution in [1.82, 2.24) is 0 Å². The molecular formula is C16H30O3. The summed E-state index contributed by atoms with van der Waals surface area (Å²) in [5.41, 5.74) is 0. The molecule has 0 unspecified atom stereocenters. The maximum atomic E-state index is 11.7. The SMILES string of the molecule is CCOCCOC(=O)CC1CCCCCCCCC1. The molecule has 19 heavy (non-hydrogen) atoms. The summed E-state index contributed by atoms with van der Waals surface area (Å²) in [5.74, 6) is 0.499. The van der Waals surface area contributed by atoms with Gasteiger partial charge in [0.2, 0.25) is 0 Å². The van der Waals surface area contributed by atoms with E-state index in [1.165, 1.54) is 57.8 Å². The Morgan fingerprint density at radius 1 is 0.947 bits per heavy atom. The first kappa shape index (κ1) is 16.5. The molecule has 3 heteroatoms. The highest BCUT2D eigenvalue weighted by Crippen LogP contribution is 2.24. The quantitative estimate of drug-likeness (QED) is 0.538. The molecule has 0 atom stereocenters. The van der Waals surface area contributed by atoms with Gasteiger partial charge in [-0.25, -0.2) is 0 Å². The summed E-state index contributed by atoms with van der Waals surface area (Å²) in [4.78, 5) is 11.7. The summed E-state index contributed by atoms with van der Waals surface area (Å²) in [6, 6.07) is 0. The summed E-state index contributed by atoms with van der Waals surface area (Å²) >= 11 is 0. The van der Waals surface area contributed by atoms with Crippen LogP contribution in [0.5, 0.6) is 0 Å². The second-order valence-corrected chi connectivity index (χ2v) is 5.54. The molecule has 0 amide bonds. The lowest BCUT2D eigenvalue weighted by molar-refractivity contribution is -0.146. The van der Waals surface area contributed by atoms with Crippen LogP contribution in [-0.2, 0) is 14.3 Å². The Hall–Kier alpha value is -0.570. The van der Waals surface area contributed by atoms with Gasteiger partial charge in [0.05, 0.1) is 6.61 Å². The summed E-state index contributed by atoms with van der Waals surface area (Å²) < 4.78 is 10.4. The normalized spacial score (nSPS) is 19.0.